The summed E-state index contributed by atoms with van der Waals surface area (Å²) in [5.41, 5.74) is 0.410. The van der Waals surface area contributed by atoms with Gasteiger partial charge in [0.25, 0.3) is 5.91 Å². The van der Waals surface area contributed by atoms with Gasteiger partial charge in [0, 0.05) is 5.56 Å². The van der Waals surface area contributed by atoms with Crippen LogP contribution < -0.4 is 5.32 Å². The summed E-state index contributed by atoms with van der Waals surface area (Å²) in [6, 6.07) is 8.36. The SMILES string of the molecule is O=C(NC(S)C(=O)O)c1ccccc1. The van der Waals surface area contributed by atoms with Crippen molar-refractivity contribution < 1.29 is 14.7 Å². The highest BCUT2D eigenvalue weighted by Gasteiger charge is 2.15. The Balaban J connectivity index is 2.64. The third kappa shape index (κ3) is 2.77. The minimum Gasteiger partial charge on any atom is -0.479 e. The lowest BCUT2D eigenvalue weighted by Gasteiger charge is -2.07. The largest absolute Gasteiger partial charge is 0.479 e. The van der Waals surface area contributed by atoms with Crippen molar-refractivity contribution in [2.24, 2.45) is 0 Å². The van der Waals surface area contributed by atoms with E-state index in [2.05, 4.69) is 17.9 Å². The lowest BCUT2D eigenvalue weighted by Crippen LogP contribution is -2.36. The second kappa shape index (κ2) is 4.66. The van der Waals surface area contributed by atoms with E-state index in [1.54, 1.807) is 30.3 Å². The van der Waals surface area contributed by atoms with Gasteiger partial charge in [-0.3, -0.25) is 4.79 Å². The highest BCUT2D eigenvalue weighted by atomic mass is 32.1. The molecule has 0 radical (unpaired) electrons. The number of carbonyl (C=O) groups is 2. The summed E-state index contributed by atoms with van der Waals surface area (Å²) >= 11 is 3.68. The maximum atomic E-state index is 11.3. The molecule has 1 aromatic carbocycles. The molecule has 14 heavy (non-hydrogen) atoms. The Morgan fingerprint density at radius 3 is 2.36 bits per heavy atom. The van der Waals surface area contributed by atoms with Gasteiger partial charge in [-0.25, -0.2) is 4.79 Å². The molecule has 0 aromatic heterocycles. The molecule has 2 N–H and O–H groups in total. The Kier molecular flexibility index (Phi) is 3.53. The Morgan fingerprint density at radius 1 is 1.29 bits per heavy atom. The summed E-state index contributed by atoms with van der Waals surface area (Å²) in [7, 11) is 0. The van der Waals surface area contributed by atoms with Crippen LogP contribution in [-0.4, -0.2) is 22.4 Å². The number of carboxylic acid groups (broad SMARTS) is 1. The smallest absolute Gasteiger partial charge is 0.336 e. The fourth-order valence-electron chi connectivity index (χ4n) is 0.859. The molecule has 0 aliphatic rings. The van der Waals surface area contributed by atoms with Crippen LogP contribution in [0.5, 0.6) is 0 Å². The quantitative estimate of drug-likeness (QED) is 0.510. The summed E-state index contributed by atoms with van der Waals surface area (Å²) in [5, 5.41) is 9.53. The minimum absolute atomic E-state index is 0.410. The molecule has 0 spiro atoms. The van der Waals surface area contributed by atoms with E-state index in [1.807, 2.05) is 0 Å². The van der Waals surface area contributed by atoms with Gasteiger partial charge in [0.05, 0.1) is 0 Å². The number of benzene rings is 1. The molecule has 1 rings (SSSR count). The van der Waals surface area contributed by atoms with E-state index in [0.29, 0.717) is 5.56 Å². The summed E-state index contributed by atoms with van der Waals surface area (Å²) in [5.74, 6) is -1.63. The van der Waals surface area contributed by atoms with Gasteiger partial charge in [-0.2, -0.15) is 0 Å². The molecular formula is C9H9NO3S. The second-order valence-electron chi connectivity index (χ2n) is 2.58. The van der Waals surface area contributed by atoms with E-state index < -0.39 is 17.3 Å². The van der Waals surface area contributed by atoms with E-state index in [0.717, 1.165) is 0 Å². The number of nitrogens with one attached hydrogen (secondary N) is 1. The van der Waals surface area contributed by atoms with E-state index in [9.17, 15) is 9.59 Å². The number of thiol groups is 1. The predicted octanol–water partition coefficient (Wildman–Crippen LogP) is 0.757. The molecule has 0 heterocycles. The maximum Gasteiger partial charge on any atom is 0.336 e. The number of hydrogen-bond donors (Lipinski definition) is 3. The molecule has 5 heteroatoms. The lowest BCUT2D eigenvalue weighted by molar-refractivity contribution is -0.136. The van der Waals surface area contributed by atoms with Crippen LogP contribution >= 0.6 is 12.6 Å². The van der Waals surface area contributed by atoms with Gasteiger partial charge in [-0.15, -0.1) is 12.6 Å². The van der Waals surface area contributed by atoms with E-state index in [-0.39, 0.29) is 0 Å². The number of carboxylic acids is 1. The molecule has 1 atom stereocenters. The fourth-order valence-corrected chi connectivity index (χ4v) is 0.976. The Hall–Kier alpha value is -1.49. The zero-order chi connectivity index (χ0) is 10.6. The van der Waals surface area contributed by atoms with E-state index in [1.165, 1.54) is 0 Å². The van der Waals surface area contributed by atoms with Gasteiger partial charge in [0.1, 0.15) is 0 Å². The lowest BCUT2D eigenvalue weighted by atomic mass is 10.2. The summed E-state index contributed by atoms with van der Waals surface area (Å²) in [6.45, 7) is 0. The van der Waals surface area contributed by atoms with Crippen LogP contribution in [0.3, 0.4) is 0 Å². The van der Waals surface area contributed by atoms with Crippen LogP contribution in [0.4, 0.5) is 0 Å². The van der Waals surface area contributed by atoms with Crippen molar-refractivity contribution in [2.75, 3.05) is 0 Å². The summed E-state index contributed by atoms with van der Waals surface area (Å²) < 4.78 is 0. The maximum absolute atomic E-state index is 11.3. The van der Waals surface area contributed by atoms with Crippen LogP contribution in [0.2, 0.25) is 0 Å². The molecular weight excluding hydrogens is 202 g/mol. The van der Waals surface area contributed by atoms with Crippen molar-refractivity contribution >= 4 is 24.5 Å². The molecule has 0 saturated carbocycles. The molecule has 1 amide bonds. The second-order valence-corrected chi connectivity index (χ2v) is 3.10. The van der Waals surface area contributed by atoms with Crippen LogP contribution in [-0.2, 0) is 4.79 Å². The van der Waals surface area contributed by atoms with Crippen molar-refractivity contribution in [3.63, 3.8) is 0 Å². The van der Waals surface area contributed by atoms with Gasteiger partial charge in [-0.05, 0) is 12.1 Å². The van der Waals surface area contributed by atoms with Crippen LogP contribution in [0.1, 0.15) is 10.4 Å². The third-order valence-corrected chi connectivity index (χ3v) is 1.89. The normalized spacial score (nSPS) is 11.8. The number of carbonyl (C=O) groups excluding carboxylic acids is 1. The first-order valence-corrected chi connectivity index (χ1v) is 4.39. The first-order chi connectivity index (χ1) is 6.61. The molecule has 74 valence electrons. The van der Waals surface area contributed by atoms with Crippen molar-refractivity contribution in [2.45, 2.75) is 5.37 Å². The monoisotopic (exact) mass is 211 g/mol. The Bertz CT molecular complexity index is 339. The van der Waals surface area contributed by atoms with Gasteiger partial charge < -0.3 is 10.4 Å². The average molecular weight is 211 g/mol. The van der Waals surface area contributed by atoms with Crippen molar-refractivity contribution in [1.29, 1.82) is 0 Å². The molecule has 1 aromatic rings. The van der Waals surface area contributed by atoms with Gasteiger partial charge in [0.2, 0.25) is 0 Å². The summed E-state index contributed by atoms with van der Waals surface area (Å²) in [4.78, 5) is 21.7. The Morgan fingerprint density at radius 2 is 1.86 bits per heavy atom. The summed E-state index contributed by atoms with van der Waals surface area (Å²) in [6.07, 6.45) is 0. The van der Waals surface area contributed by atoms with E-state index in [4.69, 9.17) is 5.11 Å². The number of rotatable bonds is 3. The van der Waals surface area contributed by atoms with Crippen LogP contribution in [0.15, 0.2) is 30.3 Å². The van der Waals surface area contributed by atoms with E-state index >= 15 is 0 Å². The van der Waals surface area contributed by atoms with Crippen LogP contribution in [0, 0.1) is 0 Å². The average Bonchev–Trinajstić information content (AvgIpc) is 2.19. The molecule has 1 unspecified atom stereocenters. The number of amides is 1. The highest BCUT2D eigenvalue weighted by Crippen LogP contribution is 1.99. The van der Waals surface area contributed by atoms with Crippen LogP contribution in [0.25, 0.3) is 0 Å². The number of hydrogen-bond acceptors (Lipinski definition) is 3. The van der Waals surface area contributed by atoms with Gasteiger partial charge >= 0.3 is 5.97 Å². The first-order valence-electron chi connectivity index (χ1n) is 3.88. The molecule has 0 bridgehead atoms. The molecule has 0 aliphatic heterocycles. The first kappa shape index (κ1) is 10.6. The molecule has 0 saturated heterocycles. The van der Waals surface area contributed by atoms with Crippen molar-refractivity contribution in [1.82, 2.24) is 5.32 Å². The third-order valence-electron chi connectivity index (χ3n) is 1.54. The topological polar surface area (TPSA) is 66.4 Å². The predicted molar refractivity (Wildman–Crippen MR) is 54.3 cm³/mol. The minimum atomic E-state index is -1.18. The van der Waals surface area contributed by atoms with Crippen molar-refractivity contribution in [3.05, 3.63) is 35.9 Å². The zero-order valence-electron chi connectivity index (χ0n) is 7.18. The number of aliphatic carboxylic acids is 1. The highest BCUT2D eigenvalue weighted by molar-refractivity contribution is 7.81. The van der Waals surface area contributed by atoms with Gasteiger partial charge in [0.15, 0.2) is 5.37 Å². The fraction of sp³-hybridized carbons (Fsp3) is 0.111. The Labute approximate surface area is 86.3 Å². The standard InChI is InChI=1S/C9H9NO3S/c11-7(10-8(14)9(12)13)6-4-2-1-3-5-6/h1-5,8,14H,(H,10,11)(H,12,13). The molecule has 4 nitrogen and oxygen atoms in total. The zero-order valence-corrected chi connectivity index (χ0v) is 8.07. The molecule has 0 aliphatic carbocycles. The molecule has 0 fully saturated rings. The van der Waals surface area contributed by atoms with Gasteiger partial charge in [-0.1, -0.05) is 18.2 Å². The van der Waals surface area contributed by atoms with Crippen molar-refractivity contribution in [3.8, 4) is 0 Å².